The molecule has 1 aromatic carbocycles. The number of rotatable bonds is 5. The van der Waals surface area contributed by atoms with E-state index in [0.717, 1.165) is 0 Å². The summed E-state index contributed by atoms with van der Waals surface area (Å²) in [5.41, 5.74) is 0.524. The smallest absolute Gasteiger partial charge is 0.143 e. The second-order valence-corrected chi connectivity index (χ2v) is 6.64. The molecule has 0 aliphatic heterocycles. The van der Waals surface area contributed by atoms with Gasteiger partial charge in [0, 0.05) is 21.7 Å². The summed E-state index contributed by atoms with van der Waals surface area (Å²) < 4.78 is 0. The number of benzene rings is 1. The fraction of sp³-hybridized carbons (Fsp3) is 0.267. The van der Waals surface area contributed by atoms with Gasteiger partial charge in [0.1, 0.15) is 5.75 Å². The van der Waals surface area contributed by atoms with Crippen molar-refractivity contribution >= 4 is 40.8 Å². The largest absolute Gasteiger partial charge is 0.506 e. The molecule has 0 aliphatic rings. The number of phenolic OH excluding ortho intramolecular Hbond substituents is 1. The number of thiophene rings is 1. The Morgan fingerprint density at radius 2 is 2.14 bits per heavy atom. The van der Waals surface area contributed by atoms with Gasteiger partial charge < -0.3 is 10.0 Å². The Bertz CT molecular complexity index is 627. The van der Waals surface area contributed by atoms with Crippen LogP contribution in [0.1, 0.15) is 16.5 Å². The molecule has 2 aromatic rings. The number of aromatic hydroxyl groups is 1. The van der Waals surface area contributed by atoms with Gasteiger partial charge in [0.2, 0.25) is 0 Å². The van der Waals surface area contributed by atoms with Crippen LogP contribution in [0.2, 0.25) is 10.0 Å². The quantitative estimate of drug-likeness (QED) is 0.813. The van der Waals surface area contributed by atoms with E-state index in [1.54, 1.807) is 23.6 Å². The standard InChI is InChI=1S/C15H16Cl2N2OS/c1-19(2)13(14-4-3-5-21-14)9-18-8-10-6-11(16)7-12(17)15(10)20/h3-8,13,20H,9H2,1-2H3/t13-/m0/s1. The summed E-state index contributed by atoms with van der Waals surface area (Å²) >= 11 is 13.5. The normalized spacial score (nSPS) is 13.2. The molecule has 2 rings (SSSR count). The number of nitrogens with zero attached hydrogens (tertiary/aromatic N) is 2. The third kappa shape index (κ3) is 4.20. The second-order valence-electron chi connectivity index (χ2n) is 4.81. The zero-order chi connectivity index (χ0) is 15.4. The Hall–Kier alpha value is -1.07. The Kier molecular flexibility index (Phi) is 5.65. The first-order chi connectivity index (χ1) is 9.99. The first-order valence-corrected chi connectivity index (χ1v) is 8.00. The zero-order valence-corrected chi connectivity index (χ0v) is 14.1. The van der Waals surface area contributed by atoms with Gasteiger partial charge in [-0.3, -0.25) is 4.99 Å². The van der Waals surface area contributed by atoms with E-state index < -0.39 is 0 Å². The predicted octanol–water partition coefficient (Wildman–Crippen LogP) is 4.48. The molecule has 3 nitrogen and oxygen atoms in total. The highest BCUT2D eigenvalue weighted by Gasteiger charge is 2.14. The monoisotopic (exact) mass is 342 g/mol. The number of hydrogen-bond donors (Lipinski definition) is 1. The van der Waals surface area contributed by atoms with E-state index in [1.807, 2.05) is 20.2 Å². The van der Waals surface area contributed by atoms with Gasteiger partial charge >= 0.3 is 0 Å². The summed E-state index contributed by atoms with van der Waals surface area (Å²) in [6, 6.07) is 7.48. The summed E-state index contributed by atoms with van der Waals surface area (Å²) in [5, 5.41) is 12.6. The van der Waals surface area contributed by atoms with Gasteiger partial charge in [-0.1, -0.05) is 29.3 Å². The highest BCUT2D eigenvalue weighted by atomic mass is 35.5. The minimum atomic E-state index is 0.00217. The SMILES string of the molecule is CN(C)[C@@H](CN=Cc1cc(Cl)cc(Cl)c1O)c1cccs1. The average molecular weight is 343 g/mol. The molecule has 0 aliphatic carbocycles. The number of halogens is 2. The molecule has 1 aromatic heterocycles. The van der Waals surface area contributed by atoms with E-state index in [2.05, 4.69) is 21.3 Å². The highest BCUT2D eigenvalue weighted by Crippen LogP contribution is 2.30. The summed E-state index contributed by atoms with van der Waals surface area (Å²) in [5.74, 6) is 0.00217. The molecule has 1 atom stereocenters. The molecule has 0 spiro atoms. The third-order valence-electron chi connectivity index (χ3n) is 3.06. The first kappa shape index (κ1) is 16.3. The van der Waals surface area contributed by atoms with Gasteiger partial charge in [-0.25, -0.2) is 0 Å². The maximum atomic E-state index is 9.89. The lowest BCUT2D eigenvalue weighted by Crippen LogP contribution is -2.21. The average Bonchev–Trinajstić information content (AvgIpc) is 2.93. The van der Waals surface area contributed by atoms with Crippen LogP contribution < -0.4 is 0 Å². The molecular weight excluding hydrogens is 327 g/mol. The van der Waals surface area contributed by atoms with Gasteiger partial charge in [0.25, 0.3) is 0 Å². The van der Waals surface area contributed by atoms with Crippen molar-refractivity contribution in [2.75, 3.05) is 20.6 Å². The maximum Gasteiger partial charge on any atom is 0.143 e. The van der Waals surface area contributed by atoms with Crippen LogP contribution in [-0.2, 0) is 0 Å². The Balaban J connectivity index is 2.14. The molecule has 21 heavy (non-hydrogen) atoms. The lowest BCUT2D eigenvalue weighted by atomic mass is 10.2. The van der Waals surface area contributed by atoms with Crippen molar-refractivity contribution in [1.29, 1.82) is 0 Å². The topological polar surface area (TPSA) is 35.8 Å². The van der Waals surface area contributed by atoms with E-state index in [9.17, 15) is 5.11 Å². The first-order valence-electron chi connectivity index (χ1n) is 6.36. The molecule has 0 amide bonds. The molecule has 0 unspecified atom stereocenters. The lowest BCUT2D eigenvalue weighted by molar-refractivity contribution is 0.311. The molecule has 1 heterocycles. The summed E-state index contributed by atoms with van der Waals surface area (Å²) in [4.78, 5) is 7.80. The molecule has 0 saturated heterocycles. The van der Waals surface area contributed by atoms with E-state index in [-0.39, 0.29) is 16.8 Å². The molecule has 1 N–H and O–H groups in total. The van der Waals surface area contributed by atoms with Crippen LogP contribution in [0.3, 0.4) is 0 Å². The molecule has 0 saturated carbocycles. The van der Waals surface area contributed by atoms with Crippen LogP contribution in [0.4, 0.5) is 0 Å². The van der Waals surface area contributed by atoms with Crippen LogP contribution in [0.25, 0.3) is 0 Å². The number of hydrogen-bond acceptors (Lipinski definition) is 4. The molecule has 6 heteroatoms. The van der Waals surface area contributed by atoms with E-state index in [1.165, 1.54) is 10.9 Å². The van der Waals surface area contributed by atoms with Crippen LogP contribution in [-0.4, -0.2) is 36.9 Å². The fourth-order valence-electron chi connectivity index (χ4n) is 1.92. The van der Waals surface area contributed by atoms with Crippen LogP contribution in [0.15, 0.2) is 34.6 Å². The van der Waals surface area contributed by atoms with Crippen molar-refractivity contribution in [2.24, 2.45) is 4.99 Å². The number of aliphatic imine (C=N–C) groups is 1. The fourth-order valence-corrected chi connectivity index (χ4v) is 3.35. The lowest BCUT2D eigenvalue weighted by Gasteiger charge is -2.21. The minimum absolute atomic E-state index is 0.00217. The summed E-state index contributed by atoms with van der Waals surface area (Å²) in [7, 11) is 4.04. The molecule has 112 valence electrons. The van der Waals surface area contributed by atoms with Crippen molar-refractivity contribution in [3.8, 4) is 5.75 Å². The third-order valence-corrected chi connectivity index (χ3v) is 4.54. The molecule has 0 radical (unpaired) electrons. The van der Waals surface area contributed by atoms with Gasteiger partial charge in [0.05, 0.1) is 17.6 Å². The minimum Gasteiger partial charge on any atom is -0.506 e. The molecule has 0 bridgehead atoms. The Morgan fingerprint density at radius 1 is 1.38 bits per heavy atom. The van der Waals surface area contributed by atoms with Gasteiger partial charge in [0.15, 0.2) is 0 Å². The van der Waals surface area contributed by atoms with Crippen LogP contribution in [0, 0.1) is 0 Å². The predicted molar refractivity (Wildman–Crippen MR) is 91.3 cm³/mol. The zero-order valence-electron chi connectivity index (χ0n) is 11.8. The van der Waals surface area contributed by atoms with Crippen molar-refractivity contribution in [3.63, 3.8) is 0 Å². The van der Waals surface area contributed by atoms with Gasteiger partial charge in [-0.05, 0) is 37.7 Å². The molecule has 0 fully saturated rings. The van der Waals surface area contributed by atoms with Crippen molar-refractivity contribution in [3.05, 3.63) is 50.1 Å². The Labute approximate surface area is 138 Å². The van der Waals surface area contributed by atoms with Crippen LogP contribution >= 0.6 is 34.5 Å². The second kappa shape index (κ2) is 7.27. The maximum absolute atomic E-state index is 9.89. The van der Waals surface area contributed by atoms with Crippen molar-refractivity contribution in [1.82, 2.24) is 4.90 Å². The number of likely N-dealkylation sites (N-methyl/N-ethyl adjacent to an activating group) is 1. The van der Waals surface area contributed by atoms with Crippen molar-refractivity contribution in [2.45, 2.75) is 6.04 Å². The van der Waals surface area contributed by atoms with E-state index in [4.69, 9.17) is 23.2 Å². The Morgan fingerprint density at radius 3 is 2.76 bits per heavy atom. The van der Waals surface area contributed by atoms with E-state index >= 15 is 0 Å². The molecular formula is C15H16Cl2N2OS. The number of phenols is 1. The van der Waals surface area contributed by atoms with Gasteiger partial charge in [-0.15, -0.1) is 11.3 Å². The van der Waals surface area contributed by atoms with Crippen molar-refractivity contribution < 1.29 is 5.11 Å². The van der Waals surface area contributed by atoms with Gasteiger partial charge in [-0.2, -0.15) is 0 Å². The van der Waals surface area contributed by atoms with E-state index in [0.29, 0.717) is 17.1 Å². The van der Waals surface area contributed by atoms with Crippen LogP contribution in [0.5, 0.6) is 5.75 Å². The summed E-state index contributed by atoms with van der Waals surface area (Å²) in [6.45, 7) is 0.594. The highest BCUT2D eigenvalue weighted by molar-refractivity contribution is 7.10. The summed E-state index contributed by atoms with van der Waals surface area (Å²) in [6.07, 6.45) is 1.61.